The standard InChI is InChI=1S/C18H14BrNO2S/c19-13-6-8-14(9-7-13)20-18(22)15-11-23-16(17(15)21)10-12-4-2-1-3-5-12/h1-9,11,21H,10H2,(H,20,22). The van der Waals surface area contributed by atoms with Crippen molar-refractivity contribution in [1.82, 2.24) is 0 Å². The van der Waals surface area contributed by atoms with Gasteiger partial charge in [-0.15, -0.1) is 11.3 Å². The summed E-state index contributed by atoms with van der Waals surface area (Å²) in [6, 6.07) is 17.2. The topological polar surface area (TPSA) is 49.3 Å². The lowest BCUT2D eigenvalue weighted by Gasteiger charge is -2.05. The monoisotopic (exact) mass is 387 g/mol. The number of benzene rings is 2. The minimum atomic E-state index is -0.305. The summed E-state index contributed by atoms with van der Waals surface area (Å²) in [5, 5.41) is 14.8. The summed E-state index contributed by atoms with van der Waals surface area (Å²) in [7, 11) is 0. The van der Waals surface area contributed by atoms with Gasteiger partial charge in [0.15, 0.2) is 0 Å². The average molecular weight is 388 g/mol. The number of carbonyl (C=O) groups excluding carboxylic acids is 1. The van der Waals surface area contributed by atoms with Crippen LogP contribution < -0.4 is 5.32 Å². The molecule has 3 aromatic rings. The molecule has 1 aromatic heterocycles. The van der Waals surface area contributed by atoms with E-state index in [1.54, 1.807) is 17.5 Å². The van der Waals surface area contributed by atoms with Crippen molar-refractivity contribution >= 4 is 38.9 Å². The van der Waals surface area contributed by atoms with Crippen LogP contribution in [-0.2, 0) is 6.42 Å². The van der Waals surface area contributed by atoms with E-state index in [2.05, 4.69) is 21.2 Å². The van der Waals surface area contributed by atoms with Gasteiger partial charge >= 0.3 is 0 Å². The summed E-state index contributed by atoms with van der Waals surface area (Å²) in [6.07, 6.45) is 0.614. The molecule has 0 aliphatic carbocycles. The Morgan fingerprint density at radius 3 is 2.48 bits per heavy atom. The number of hydrogen-bond donors (Lipinski definition) is 2. The SMILES string of the molecule is O=C(Nc1ccc(Br)cc1)c1csc(Cc2ccccc2)c1O. The van der Waals surface area contributed by atoms with E-state index in [0.717, 1.165) is 14.9 Å². The van der Waals surface area contributed by atoms with Gasteiger partial charge in [-0.2, -0.15) is 0 Å². The van der Waals surface area contributed by atoms with Crippen molar-refractivity contribution in [2.45, 2.75) is 6.42 Å². The Labute approximate surface area is 146 Å². The van der Waals surface area contributed by atoms with Crippen molar-refractivity contribution in [1.29, 1.82) is 0 Å². The molecule has 2 N–H and O–H groups in total. The highest BCUT2D eigenvalue weighted by Crippen LogP contribution is 2.32. The zero-order chi connectivity index (χ0) is 16.2. The van der Waals surface area contributed by atoms with E-state index in [-0.39, 0.29) is 11.7 Å². The van der Waals surface area contributed by atoms with Gasteiger partial charge in [-0.25, -0.2) is 0 Å². The second-order valence-electron chi connectivity index (χ2n) is 5.04. The number of hydrogen-bond acceptors (Lipinski definition) is 3. The molecule has 0 saturated heterocycles. The first-order valence-electron chi connectivity index (χ1n) is 7.03. The van der Waals surface area contributed by atoms with Gasteiger partial charge in [0, 0.05) is 22.0 Å². The van der Waals surface area contributed by atoms with E-state index in [1.165, 1.54) is 11.3 Å². The third kappa shape index (κ3) is 3.81. The van der Waals surface area contributed by atoms with Crippen LogP contribution >= 0.6 is 27.3 Å². The number of anilines is 1. The molecular weight excluding hydrogens is 374 g/mol. The van der Waals surface area contributed by atoms with Gasteiger partial charge in [0.1, 0.15) is 5.75 Å². The zero-order valence-electron chi connectivity index (χ0n) is 12.1. The first kappa shape index (κ1) is 15.8. The maximum absolute atomic E-state index is 12.3. The van der Waals surface area contributed by atoms with E-state index in [4.69, 9.17) is 0 Å². The van der Waals surface area contributed by atoms with Gasteiger partial charge in [0.2, 0.25) is 0 Å². The van der Waals surface area contributed by atoms with Crippen molar-refractivity contribution in [2.24, 2.45) is 0 Å². The van der Waals surface area contributed by atoms with E-state index in [9.17, 15) is 9.90 Å². The fourth-order valence-electron chi connectivity index (χ4n) is 2.19. The number of amides is 1. The molecule has 0 bridgehead atoms. The minimum Gasteiger partial charge on any atom is -0.506 e. The molecule has 1 heterocycles. The molecular formula is C18H14BrNO2S. The first-order valence-corrected chi connectivity index (χ1v) is 8.71. The highest BCUT2D eigenvalue weighted by Gasteiger charge is 2.17. The zero-order valence-corrected chi connectivity index (χ0v) is 14.5. The Bertz CT molecular complexity index is 813. The second-order valence-corrected chi connectivity index (χ2v) is 6.92. The van der Waals surface area contributed by atoms with Crippen molar-refractivity contribution in [3.05, 3.63) is 80.5 Å². The van der Waals surface area contributed by atoms with Gasteiger partial charge in [-0.1, -0.05) is 46.3 Å². The van der Waals surface area contributed by atoms with E-state index < -0.39 is 0 Å². The number of aromatic hydroxyl groups is 1. The molecule has 3 rings (SSSR count). The lowest BCUT2D eigenvalue weighted by molar-refractivity contribution is 0.102. The average Bonchev–Trinajstić information content (AvgIpc) is 2.92. The number of rotatable bonds is 4. The Morgan fingerprint density at radius 2 is 1.78 bits per heavy atom. The Morgan fingerprint density at radius 1 is 1.09 bits per heavy atom. The molecule has 0 aliphatic rings. The predicted molar refractivity (Wildman–Crippen MR) is 97.3 cm³/mol. The van der Waals surface area contributed by atoms with Crippen LogP contribution in [-0.4, -0.2) is 11.0 Å². The van der Waals surface area contributed by atoms with Gasteiger partial charge < -0.3 is 10.4 Å². The number of nitrogens with one attached hydrogen (secondary N) is 1. The Balaban J connectivity index is 1.75. The lowest BCUT2D eigenvalue weighted by atomic mass is 10.1. The normalized spacial score (nSPS) is 10.5. The summed E-state index contributed by atoms with van der Waals surface area (Å²) in [6.45, 7) is 0. The molecule has 0 saturated carbocycles. The largest absolute Gasteiger partial charge is 0.506 e. The van der Waals surface area contributed by atoms with Gasteiger partial charge in [-0.3, -0.25) is 4.79 Å². The summed E-state index contributed by atoms with van der Waals surface area (Å²) < 4.78 is 0.944. The summed E-state index contributed by atoms with van der Waals surface area (Å²) >= 11 is 4.75. The van der Waals surface area contributed by atoms with Crippen LogP contribution in [0, 0.1) is 0 Å². The Hall–Kier alpha value is -2.11. The minimum absolute atomic E-state index is 0.0634. The molecule has 0 aliphatic heterocycles. The first-order chi connectivity index (χ1) is 11.1. The molecule has 23 heavy (non-hydrogen) atoms. The molecule has 0 spiro atoms. The Kier molecular flexibility index (Phi) is 4.79. The van der Waals surface area contributed by atoms with Crippen molar-refractivity contribution < 1.29 is 9.90 Å². The van der Waals surface area contributed by atoms with E-state index >= 15 is 0 Å². The third-order valence-corrected chi connectivity index (χ3v) is 4.90. The molecule has 0 unspecified atom stereocenters. The molecule has 0 fully saturated rings. The molecule has 3 nitrogen and oxygen atoms in total. The van der Waals surface area contributed by atoms with Gasteiger partial charge in [0.25, 0.3) is 5.91 Å². The van der Waals surface area contributed by atoms with Crippen LogP contribution in [0.15, 0.2) is 64.5 Å². The van der Waals surface area contributed by atoms with Crippen LogP contribution in [0.4, 0.5) is 5.69 Å². The molecule has 0 atom stereocenters. The third-order valence-electron chi connectivity index (χ3n) is 3.39. The maximum atomic E-state index is 12.3. The maximum Gasteiger partial charge on any atom is 0.260 e. The van der Waals surface area contributed by atoms with Crippen molar-refractivity contribution in [3.8, 4) is 5.75 Å². The van der Waals surface area contributed by atoms with E-state index in [0.29, 0.717) is 17.7 Å². The highest BCUT2D eigenvalue weighted by atomic mass is 79.9. The fourth-order valence-corrected chi connectivity index (χ4v) is 3.41. The van der Waals surface area contributed by atoms with Crippen LogP contribution in [0.2, 0.25) is 0 Å². The summed E-state index contributed by atoms with van der Waals surface area (Å²) in [5.74, 6) is -0.242. The number of carbonyl (C=O) groups is 1. The molecule has 116 valence electrons. The number of thiophene rings is 1. The number of halogens is 1. The quantitative estimate of drug-likeness (QED) is 0.657. The molecule has 2 aromatic carbocycles. The molecule has 0 radical (unpaired) electrons. The van der Waals surface area contributed by atoms with Crippen LogP contribution in [0.3, 0.4) is 0 Å². The summed E-state index contributed by atoms with van der Waals surface area (Å²) in [4.78, 5) is 13.1. The van der Waals surface area contributed by atoms with Crippen LogP contribution in [0.1, 0.15) is 20.8 Å². The predicted octanol–water partition coefficient (Wildman–Crippen LogP) is 5.06. The van der Waals surface area contributed by atoms with Crippen molar-refractivity contribution in [2.75, 3.05) is 5.32 Å². The smallest absolute Gasteiger partial charge is 0.260 e. The molecule has 1 amide bonds. The fraction of sp³-hybridized carbons (Fsp3) is 0.0556. The second kappa shape index (κ2) is 6.98. The van der Waals surface area contributed by atoms with Crippen LogP contribution in [0.25, 0.3) is 0 Å². The van der Waals surface area contributed by atoms with Gasteiger partial charge in [0.05, 0.1) is 10.4 Å². The molecule has 5 heteroatoms. The summed E-state index contributed by atoms with van der Waals surface area (Å²) in [5.41, 5.74) is 2.10. The lowest BCUT2D eigenvalue weighted by Crippen LogP contribution is -2.11. The van der Waals surface area contributed by atoms with Crippen molar-refractivity contribution in [3.63, 3.8) is 0 Å². The van der Waals surface area contributed by atoms with Crippen LogP contribution in [0.5, 0.6) is 5.75 Å². The highest BCUT2D eigenvalue weighted by molar-refractivity contribution is 9.10. The van der Waals surface area contributed by atoms with Gasteiger partial charge in [-0.05, 0) is 29.8 Å². The van der Waals surface area contributed by atoms with E-state index in [1.807, 2.05) is 42.5 Å².